The number of nitrogens with zero attached hydrogens (tertiary/aromatic N) is 5. The molecule has 0 aliphatic rings. The van der Waals surface area contributed by atoms with Crippen molar-refractivity contribution in [3.63, 3.8) is 0 Å². The van der Waals surface area contributed by atoms with Gasteiger partial charge >= 0.3 is 0 Å². The number of methoxy groups -OCH3 is 4. The summed E-state index contributed by atoms with van der Waals surface area (Å²) in [4.78, 5) is 18.1. The van der Waals surface area contributed by atoms with Crippen molar-refractivity contribution >= 4 is 10.9 Å². The van der Waals surface area contributed by atoms with Gasteiger partial charge in [0.2, 0.25) is 0 Å². The van der Waals surface area contributed by atoms with Gasteiger partial charge in [0.15, 0.2) is 17.3 Å². The molecule has 0 fully saturated rings. The standard InChI is InChI=1S/C26H32N6O5/c1-34-12-11-32-25(28-29-30-32)17-31(10-9-18-5-8-23(36-3)24(13-18)37-4)16-20-14-19-15-21(35-2)6-7-22(19)27-26(20)33/h5-8,13-15H,9-12,16-17H2,1-4H3,(H,27,33). The summed E-state index contributed by atoms with van der Waals surface area (Å²) in [5, 5.41) is 13.0. The van der Waals surface area contributed by atoms with Crippen LogP contribution in [0.4, 0.5) is 0 Å². The van der Waals surface area contributed by atoms with E-state index in [0.29, 0.717) is 55.7 Å². The van der Waals surface area contributed by atoms with E-state index in [0.717, 1.165) is 28.6 Å². The highest BCUT2D eigenvalue weighted by atomic mass is 16.5. The Labute approximate surface area is 214 Å². The smallest absolute Gasteiger partial charge is 0.252 e. The largest absolute Gasteiger partial charge is 0.497 e. The second-order valence-electron chi connectivity index (χ2n) is 8.54. The van der Waals surface area contributed by atoms with Gasteiger partial charge in [0.25, 0.3) is 5.56 Å². The van der Waals surface area contributed by atoms with Crippen LogP contribution in [0.3, 0.4) is 0 Å². The van der Waals surface area contributed by atoms with Crippen LogP contribution in [0.25, 0.3) is 10.9 Å². The number of rotatable bonds is 13. The van der Waals surface area contributed by atoms with Gasteiger partial charge < -0.3 is 23.9 Å². The third-order valence-electron chi connectivity index (χ3n) is 6.17. The molecule has 0 bridgehead atoms. The van der Waals surface area contributed by atoms with Crippen LogP contribution < -0.4 is 19.8 Å². The Morgan fingerprint density at radius 2 is 1.78 bits per heavy atom. The number of pyridine rings is 1. The van der Waals surface area contributed by atoms with E-state index in [1.165, 1.54) is 0 Å². The molecule has 0 saturated carbocycles. The molecule has 4 aromatic rings. The number of hydrogen-bond acceptors (Lipinski definition) is 9. The minimum absolute atomic E-state index is 0.132. The molecule has 2 heterocycles. The third-order valence-corrected chi connectivity index (χ3v) is 6.17. The molecule has 196 valence electrons. The number of fused-ring (bicyclic) bond motifs is 1. The zero-order valence-electron chi connectivity index (χ0n) is 21.6. The van der Waals surface area contributed by atoms with Gasteiger partial charge in [-0.05, 0) is 58.8 Å². The van der Waals surface area contributed by atoms with Crippen molar-refractivity contribution in [2.75, 3.05) is 41.6 Å². The number of H-pyrrole nitrogens is 1. The summed E-state index contributed by atoms with van der Waals surface area (Å²) in [5.41, 5.74) is 2.35. The minimum atomic E-state index is -0.132. The molecule has 0 atom stereocenters. The molecule has 4 rings (SSSR count). The molecule has 11 heteroatoms. The highest BCUT2D eigenvalue weighted by Crippen LogP contribution is 2.28. The zero-order chi connectivity index (χ0) is 26.2. The summed E-state index contributed by atoms with van der Waals surface area (Å²) in [7, 11) is 6.50. The first-order valence-corrected chi connectivity index (χ1v) is 11.9. The van der Waals surface area contributed by atoms with Crippen LogP contribution in [0.15, 0.2) is 47.3 Å². The van der Waals surface area contributed by atoms with Crippen LogP contribution in [0.2, 0.25) is 0 Å². The Bertz CT molecular complexity index is 1390. The molecule has 0 radical (unpaired) electrons. The van der Waals surface area contributed by atoms with Crippen molar-refractivity contribution in [2.24, 2.45) is 0 Å². The molecule has 0 amide bonds. The highest BCUT2D eigenvalue weighted by molar-refractivity contribution is 5.80. The Morgan fingerprint density at radius 3 is 2.54 bits per heavy atom. The summed E-state index contributed by atoms with van der Waals surface area (Å²) in [6.45, 7) is 2.56. The van der Waals surface area contributed by atoms with Crippen LogP contribution in [-0.2, 0) is 30.8 Å². The number of nitrogens with one attached hydrogen (secondary N) is 1. The molecule has 2 aromatic heterocycles. The van der Waals surface area contributed by atoms with Crippen molar-refractivity contribution in [3.05, 3.63) is 69.8 Å². The summed E-state index contributed by atoms with van der Waals surface area (Å²) in [6.07, 6.45) is 0.722. The van der Waals surface area contributed by atoms with Crippen molar-refractivity contribution in [2.45, 2.75) is 26.1 Å². The predicted molar refractivity (Wildman–Crippen MR) is 138 cm³/mol. The first-order valence-electron chi connectivity index (χ1n) is 11.9. The van der Waals surface area contributed by atoms with Gasteiger partial charge in [-0.3, -0.25) is 9.69 Å². The Morgan fingerprint density at radius 1 is 0.946 bits per heavy atom. The van der Waals surface area contributed by atoms with E-state index < -0.39 is 0 Å². The third kappa shape index (κ3) is 6.43. The van der Waals surface area contributed by atoms with E-state index in [1.807, 2.05) is 42.5 Å². The Balaban J connectivity index is 1.60. The second kappa shape index (κ2) is 12.3. The minimum Gasteiger partial charge on any atom is -0.497 e. The molecular weight excluding hydrogens is 476 g/mol. The first kappa shape index (κ1) is 26.1. The first-order chi connectivity index (χ1) is 18.0. The van der Waals surface area contributed by atoms with Gasteiger partial charge in [0.1, 0.15) is 5.75 Å². The average molecular weight is 509 g/mol. The van der Waals surface area contributed by atoms with Gasteiger partial charge in [-0.25, -0.2) is 4.68 Å². The highest BCUT2D eigenvalue weighted by Gasteiger charge is 2.16. The van der Waals surface area contributed by atoms with Crippen molar-refractivity contribution in [1.29, 1.82) is 0 Å². The maximum Gasteiger partial charge on any atom is 0.252 e. The number of hydrogen-bond donors (Lipinski definition) is 1. The molecular formula is C26H32N6O5. The maximum atomic E-state index is 13.0. The monoisotopic (exact) mass is 508 g/mol. The van der Waals surface area contributed by atoms with Gasteiger partial charge in [0, 0.05) is 36.7 Å². The summed E-state index contributed by atoms with van der Waals surface area (Å²) < 4.78 is 23.1. The van der Waals surface area contributed by atoms with E-state index >= 15 is 0 Å². The molecule has 1 N–H and O–H groups in total. The maximum absolute atomic E-state index is 13.0. The molecule has 0 aliphatic carbocycles. The zero-order valence-corrected chi connectivity index (χ0v) is 21.6. The predicted octanol–water partition coefficient (Wildman–Crippen LogP) is 2.43. The lowest BCUT2D eigenvalue weighted by Crippen LogP contribution is -2.30. The van der Waals surface area contributed by atoms with Crippen molar-refractivity contribution in [3.8, 4) is 17.2 Å². The quantitative estimate of drug-likeness (QED) is 0.291. The number of tetrazole rings is 1. The van der Waals surface area contributed by atoms with Crippen LogP contribution >= 0.6 is 0 Å². The molecule has 11 nitrogen and oxygen atoms in total. The van der Waals surface area contributed by atoms with Gasteiger partial charge in [-0.1, -0.05) is 6.07 Å². The van der Waals surface area contributed by atoms with Crippen molar-refractivity contribution < 1.29 is 18.9 Å². The molecule has 0 spiro atoms. The van der Waals surface area contributed by atoms with Crippen LogP contribution in [0.1, 0.15) is 17.0 Å². The SMILES string of the molecule is COCCn1nnnc1CN(CCc1ccc(OC)c(OC)c1)Cc1cc2cc(OC)ccc2[nH]c1=O. The number of ether oxygens (including phenoxy) is 4. The van der Waals surface area contributed by atoms with E-state index in [4.69, 9.17) is 18.9 Å². The molecule has 37 heavy (non-hydrogen) atoms. The Kier molecular flexibility index (Phi) is 8.70. The molecule has 0 saturated heterocycles. The summed E-state index contributed by atoms with van der Waals surface area (Å²) >= 11 is 0. The number of aromatic amines is 1. The van der Waals surface area contributed by atoms with Gasteiger partial charge in [0.05, 0.1) is 41.0 Å². The lowest BCUT2D eigenvalue weighted by Gasteiger charge is -2.22. The fourth-order valence-electron chi connectivity index (χ4n) is 4.14. The average Bonchev–Trinajstić information content (AvgIpc) is 3.37. The normalized spacial score (nSPS) is 11.3. The van der Waals surface area contributed by atoms with E-state index in [1.54, 1.807) is 33.1 Å². The fraction of sp³-hybridized carbons (Fsp3) is 0.385. The number of benzene rings is 2. The van der Waals surface area contributed by atoms with Crippen LogP contribution in [0.5, 0.6) is 17.2 Å². The van der Waals surface area contributed by atoms with Gasteiger partial charge in [-0.2, -0.15) is 0 Å². The summed E-state index contributed by atoms with van der Waals surface area (Å²) in [6, 6.07) is 13.4. The number of aromatic nitrogens is 5. The molecule has 2 aromatic carbocycles. The topological polar surface area (TPSA) is 117 Å². The van der Waals surface area contributed by atoms with E-state index in [-0.39, 0.29) is 5.56 Å². The summed E-state index contributed by atoms with van der Waals surface area (Å²) in [5.74, 6) is 2.78. The lowest BCUT2D eigenvalue weighted by atomic mass is 10.1. The van der Waals surface area contributed by atoms with E-state index in [9.17, 15) is 4.79 Å². The van der Waals surface area contributed by atoms with Crippen LogP contribution in [0, 0.1) is 0 Å². The van der Waals surface area contributed by atoms with E-state index in [2.05, 4.69) is 25.4 Å². The second-order valence-corrected chi connectivity index (χ2v) is 8.54. The lowest BCUT2D eigenvalue weighted by molar-refractivity contribution is 0.178. The van der Waals surface area contributed by atoms with Crippen molar-refractivity contribution in [1.82, 2.24) is 30.1 Å². The Hall–Kier alpha value is -3.96. The van der Waals surface area contributed by atoms with Crippen LogP contribution in [-0.4, -0.2) is 71.7 Å². The van der Waals surface area contributed by atoms with Gasteiger partial charge in [-0.15, -0.1) is 5.10 Å². The molecule has 0 aliphatic heterocycles. The molecule has 0 unspecified atom stereocenters. The fourth-order valence-corrected chi connectivity index (χ4v) is 4.14.